The predicted molar refractivity (Wildman–Crippen MR) is 115 cm³/mol. The van der Waals surface area contributed by atoms with E-state index in [1.807, 2.05) is 0 Å². The van der Waals surface area contributed by atoms with E-state index in [0.717, 1.165) is 10.1 Å². The highest BCUT2D eigenvalue weighted by Crippen LogP contribution is 2.18. The Kier molecular flexibility index (Phi) is 5.12. The number of aryl methyl sites for hydroxylation is 1. The summed E-state index contributed by atoms with van der Waals surface area (Å²) >= 11 is 0. The molecule has 0 aliphatic carbocycles. The van der Waals surface area contributed by atoms with Gasteiger partial charge in [-0.3, -0.25) is 18.5 Å². The molecule has 158 valence electrons. The van der Waals surface area contributed by atoms with E-state index in [1.54, 1.807) is 34.9 Å². The minimum Gasteiger partial charge on any atom is -0.508 e. The number of rotatable bonds is 5. The summed E-state index contributed by atoms with van der Waals surface area (Å²) in [6.07, 6.45) is 1.48. The molecule has 2 aromatic heterocycles. The van der Waals surface area contributed by atoms with Gasteiger partial charge in [-0.15, -0.1) is 0 Å². The fourth-order valence-corrected chi connectivity index (χ4v) is 3.23. The van der Waals surface area contributed by atoms with E-state index < -0.39 is 11.2 Å². The minimum absolute atomic E-state index is 0.103. The van der Waals surface area contributed by atoms with Crippen molar-refractivity contribution >= 4 is 23.3 Å². The zero-order valence-electron chi connectivity index (χ0n) is 16.8. The van der Waals surface area contributed by atoms with Gasteiger partial charge >= 0.3 is 5.69 Å². The number of fused-ring (bicyclic) bond motifs is 1. The van der Waals surface area contributed by atoms with E-state index >= 15 is 0 Å². The number of aromatic nitrogens is 4. The van der Waals surface area contributed by atoms with Gasteiger partial charge in [-0.1, -0.05) is 24.3 Å². The molecule has 2 heterocycles. The zero-order valence-corrected chi connectivity index (χ0v) is 16.8. The molecule has 0 fully saturated rings. The quantitative estimate of drug-likeness (QED) is 0.377. The molecule has 4 rings (SSSR count). The lowest BCUT2D eigenvalue weighted by Crippen LogP contribution is -2.37. The normalized spacial score (nSPS) is 11.5. The number of nitrogens with one attached hydrogen (secondary N) is 1. The van der Waals surface area contributed by atoms with Gasteiger partial charge in [0.15, 0.2) is 11.2 Å². The molecule has 0 saturated carbocycles. The van der Waals surface area contributed by atoms with Crippen LogP contribution in [-0.2, 0) is 20.6 Å². The van der Waals surface area contributed by atoms with E-state index in [2.05, 4.69) is 15.5 Å². The Bertz CT molecular complexity index is 1420. The molecular formula is C21H19FN6O3. The summed E-state index contributed by atoms with van der Waals surface area (Å²) in [5, 5.41) is 13.7. The second-order valence-corrected chi connectivity index (χ2v) is 6.99. The molecule has 2 N–H and O–H groups in total. The summed E-state index contributed by atoms with van der Waals surface area (Å²) in [7, 11) is 2.92. The Morgan fingerprint density at radius 2 is 1.87 bits per heavy atom. The second-order valence-electron chi connectivity index (χ2n) is 6.99. The van der Waals surface area contributed by atoms with Gasteiger partial charge in [0.05, 0.1) is 12.8 Å². The molecule has 4 aromatic rings. The third-order valence-electron chi connectivity index (χ3n) is 4.85. The summed E-state index contributed by atoms with van der Waals surface area (Å²) in [6.45, 7) is 0.203. The number of halogens is 1. The maximum atomic E-state index is 13.3. The third kappa shape index (κ3) is 3.82. The van der Waals surface area contributed by atoms with Crippen molar-refractivity contribution in [3.8, 4) is 5.75 Å². The van der Waals surface area contributed by atoms with Crippen molar-refractivity contribution in [3.63, 3.8) is 0 Å². The van der Waals surface area contributed by atoms with Crippen LogP contribution < -0.4 is 16.7 Å². The molecule has 0 aliphatic heterocycles. The van der Waals surface area contributed by atoms with Gasteiger partial charge in [0.2, 0.25) is 5.95 Å². The maximum Gasteiger partial charge on any atom is 0.332 e. The lowest BCUT2D eigenvalue weighted by Gasteiger charge is -2.09. The molecule has 0 atom stereocenters. The first kappa shape index (κ1) is 20.1. The first-order chi connectivity index (χ1) is 14.8. The van der Waals surface area contributed by atoms with Crippen LogP contribution >= 0.6 is 0 Å². The number of nitrogens with zero attached hydrogens (tertiary/aromatic N) is 5. The first-order valence-electron chi connectivity index (χ1n) is 9.34. The van der Waals surface area contributed by atoms with Crippen LogP contribution in [0.2, 0.25) is 0 Å². The Morgan fingerprint density at radius 1 is 1.13 bits per heavy atom. The summed E-state index contributed by atoms with van der Waals surface area (Å²) in [4.78, 5) is 29.6. The molecule has 2 aromatic carbocycles. The van der Waals surface area contributed by atoms with E-state index in [0.29, 0.717) is 5.56 Å². The van der Waals surface area contributed by atoms with E-state index in [-0.39, 0.29) is 35.2 Å². The Hall–Kier alpha value is -4.21. The van der Waals surface area contributed by atoms with Crippen molar-refractivity contribution in [2.75, 3.05) is 5.43 Å². The number of phenols is 1. The molecule has 10 heteroatoms. The van der Waals surface area contributed by atoms with Gasteiger partial charge in [-0.05, 0) is 35.4 Å². The standard InChI is InChI=1S/C21H19FN6O3/c1-26-18-17(19(30)27(2)21(26)31)28(12-13-6-8-15(22)9-7-13)20(24-18)25-23-11-14-4-3-5-16(29)10-14/h3-11,29H,12H2,1-2H3,(H,24,25)/b23-11-. The largest absolute Gasteiger partial charge is 0.508 e. The molecule has 0 bridgehead atoms. The predicted octanol–water partition coefficient (Wildman–Crippen LogP) is 1.77. The van der Waals surface area contributed by atoms with Gasteiger partial charge in [0, 0.05) is 14.1 Å². The van der Waals surface area contributed by atoms with Gasteiger partial charge in [-0.25, -0.2) is 14.6 Å². The third-order valence-corrected chi connectivity index (χ3v) is 4.85. The minimum atomic E-state index is -0.502. The van der Waals surface area contributed by atoms with E-state index in [1.165, 1.54) is 43.1 Å². The van der Waals surface area contributed by atoms with Gasteiger partial charge in [0.25, 0.3) is 5.56 Å². The van der Waals surface area contributed by atoms with Gasteiger partial charge < -0.3 is 5.11 Å². The van der Waals surface area contributed by atoms with Crippen LogP contribution in [0.15, 0.2) is 63.2 Å². The smallest absolute Gasteiger partial charge is 0.332 e. The average Bonchev–Trinajstić information content (AvgIpc) is 3.11. The number of aromatic hydroxyl groups is 1. The van der Waals surface area contributed by atoms with Crippen molar-refractivity contribution in [3.05, 3.63) is 86.3 Å². The highest BCUT2D eigenvalue weighted by atomic mass is 19.1. The summed E-state index contributed by atoms with van der Waals surface area (Å²) < 4.78 is 17.2. The van der Waals surface area contributed by atoms with Crippen molar-refractivity contribution in [2.45, 2.75) is 6.54 Å². The number of imidazole rings is 1. The molecule has 0 amide bonds. The van der Waals surface area contributed by atoms with Crippen molar-refractivity contribution in [2.24, 2.45) is 19.2 Å². The Morgan fingerprint density at radius 3 is 2.58 bits per heavy atom. The summed E-state index contributed by atoms with van der Waals surface area (Å²) in [5.74, 6) is -0.0355. The molecular weight excluding hydrogens is 403 g/mol. The fraction of sp³-hybridized carbons (Fsp3) is 0.143. The Balaban J connectivity index is 1.82. The average molecular weight is 422 g/mol. The van der Waals surface area contributed by atoms with Crippen LogP contribution in [0.3, 0.4) is 0 Å². The van der Waals surface area contributed by atoms with Crippen LogP contribution in [0, 0.1) is 5.82 Å². The monoisotopic (exact) mass is 422 g/mol. The highest BCUT2D eigenvalue weighted by molar-refractivity contribution is 5.81. The number of hydrogen-bond donors (Lipinski definition) is 2. The van der Waals surface area contributed by atoms with Crippen molar-refractivity contribution in [1.82, 2.24) is 18.7 Å². The van der Waals surface area contributed by atoms with Crippen LogP contribution in [0.5, 0.6) is 5.75 Å². The Labute approximate surface area is 175 Å². The van der Waals surface area contributed by atoms with Gasteiger partial charge in [0.1, 0.15) is 11.6 Å². The lowest BCUT2D eigenvalue weighted by molar-refractivity contribution is 0.475. The van der Waals surface area contributed by atoms with Crippen LogP contribution in [-0.4, -0.2) is 30.0 Å². The SMILES string of the molecule is Cn1c(=O)c2c(nc(N/N=C\c3cccc(O)c3)n2Cc2ccc(F)cc2)n(C)c1=O. The van der Waals surface area contributed by atoms with Crippen molar-refractivity contribution in [1.29, 1.82) is 0 Å². The summed E-state index contributed by atoms with van der Waals surface area (Å²) in [5.41, 5.74) is 3.59. The van der Waals surface area contributed by atoms with Gasteiger partial charge in [-0.2, -0.15) is 10.1 Å². The first-order valence-corrected chi connectivity index (χ1v) is 9.34. The van der Waals surface area contributed by atoms with Crippen molar-refractivity contribution < 1.29 is 9.50 Å². The number of hydrogen-bond acceptors (Lipinski definition) is 6. The molecule has 0 aliphatic rings. The number of benzene rings is 2. The second kappa shape index (κ2) is 7.90. The van der Waals surface area contributed by atoms with Crippen LogP contribution in [0.1, 0.15) is 11.1 Å². The molecule has 0 radical (unpaired) electrons. The van der Waals surface area contributed by atoms with E-state index in [9.17, 15) is 19.1 Å². The summed E-state index contributed by atoms with van der Waals surface area (Å²) in [6, 6.07) is 12.4. The van der Waals surface area contributed by atoms with Crippen LogP contribution in [0.4, 0.5) is 10.3 Å². The van der Waals surface area contributed by atoms with Crippen LogP contribution in [0.25, 0.3) is 11.2 Å². The van der Waals surface area contributed by atoms with E-state index in [4.69, 9.17) is 0 Å². The molecule has 0 unspecified atom stereocenters. The molecule has 0 spiro atoms. The fourth-order valence-electron chi connectivity index (χ4n) is 3.23. The molecule has 31 heavy (non-hydrogen) atoms. The number of anilines is 1. The molecule has 9 nitrogen and oxygen atoms in total. The number of hydrazone groups is 1. The highest BCUT2D eigenvalue weighted by Gasteiger charge is 2.19. The molecule has 0 saturated heterocycles. The lowest BCUT2D eigenvalue weighted by atomic mass is 10.2. The topological polar surface area (TPSA) is 106 Å². The zero-order chi connectivity index (χ0) is 22.1. The number of phenolic OH excluding ortho intramolecular Hbond substituents is 1. The maximum absolute atomic E-state index is 13.3.